The van der Waals surface area contributed by atoms with Gasteiger partial charge < -0.3 is 9.80 Å². The Bertz CT molecular complexity index is 474. The molecule has 2 heterocycles. The van der Waals surface area contributed by atoms with Crippen LogP contribution in [0.2, 0.25) is 0 Å². The van der Waals surface area contributed by atoms with E-state index in [2.05, 4.69) is 32.4 Å². The summed E-state index contributed by atoms with van der Waals surface area (Å²) in [5.41, 5.74) is 4.67. The molecule has 0 aliphatic carbocycles. The number of pyridine rings is 1. The Morgan fingerprint density at radius 3 is 2.90 bits per heavy atom. The van der Waals surface area contributed by atoms with E-state index in [4.69, 9.17) is 12.2 Å². The van der Waals surface area contributed by atoms with Gasteiger partial charge in [0.15, 0.2) is 5.11 Å². The summed E-state index contributed by atoms with van der Waals surface area (Å²) in [5, 5.41) is 5.02. The first-order valence-electron chi connectivity index (χ1n) is 6.86. The molecular weight excluding hydrogens is 270 g/mol. The maximum atomic E-state index is 5.41. The number of nitrogens with zero attached hydrogens (tertiary/aromatic N) is 4. The first kappa shape index (κ1) is 14.9. The number of aromatic nitrogens is 1. The minimum atomic E-state index is 0.690. The molecule has 5 nitrogen and oxygen atoms in total. The zero-order valence-corrected chi connectivity index (χ0v) is 12.9. The summed E-state index contributed by atoms with van der Waals surface area (Å²) in [7, 11) is 2.14. The van der Waals surface area contributed by atoms with Crippen molar-refractivity contribution in [3.8, 4) is 0 Å². The van der Waals surface area contributed by atoms with Crippen molar-refractivity contribution in [2.75, 3.05) is 33.2 Å². The minimum absolute atomic E-state index is 0.690. The van der Waals surface area contributed by atoms with E-state index in [1.807, 2.05) is 25.1 Å². The maximum absolute atomic E-state index is 5.41. The third kappa shape index (κ3) is 4.25. The molecule has 6 heteroatoms. The molecule has 1 saturated heterocycles. The van der Waals surface area contributed by atoms with Crippen molar-refractivity contribution in [3.05, 3.63) is 30.1 Å². The fraction of sp³-hybridized carbons (Fsp3) is 0.500. The highest BCUT2D eigenvalue weighted by molar-refractivity contribution is 7.80. The lowest BCUT2D eigenvalue weighted by Gasteiger charge is -2.22. The van der Waals surface area contributed by atoms with E-state index in [1.54, 1.807) is 6.20 Å². The SMILES string of the molecule is CC(=NNC(=S)N1CCCN(C)CC1)c1ccccn1. The molecule has 1 fully saturated rings. The molecule has 0 unspecified atom stereocenters. The van der Waals surface area contributed by atoms with Crippen LogP contribution < -0.4 is 5.43 Å². The number of nitrogens with one attached hydrogen (secondary N) is 1. The lowest BCUT2D eigenvalue weighted by atomic mass is 10.3. The summed E-state index contributed by atoms with van der Waals surface area (Å²) in [4.78, 5) is 8.76. The molecule has 20 heavy (non-hydrogen) atoms. The quantitative estimate of drug-likeness (QED) is 0.506. The van der Waals surface area contributed by atoms with E-state index in [1.165, 1.54) is 0 Å². The molecule has 0 saturated carbocycles. The van der Waals surface area contributed by atoms with E-state index in [-0.39, 0.29) is 0 Å². The lowest BCUT2D eigenvalue weighted by Crippen LogP contribution is -2.40. The standard InChI is InChI=1S/C14H21N5S/c1-12(13-6-3-4-7-15-13)16-17-14(20)19-9-5-8-18(2)10-11-19/h3-4,6-7H,5,8-11H2,1-2H3,(H,17,20). The van der Waals surface area contributed by atoms with E-state index in [9.17, 15) is 0 Å². The molecule has 1 aromatic heterocycles. The van der Waals surface area contributed by atoms with Gasteiger partial charge in [0.25, 0.3) is 0 Å². The Balaban J connectivity index is 1.91. The molecule has 1 aromatic rings. The third-order valence-electron chi connectivity index (χ3n) is 3.36. The van der Waals surface area contributed by atoms with Gasteiger partial charge in [0, 0.05) is 25.8 Å². The van der Waals surface area contributed by atoms with E-state index in [0.29, 0.717) is 5.11 Å². The van der Waals surface area contributed by atoms with Crippen molar-refractivity contribution in [1.29, 1.82) is 0 Å². The van der Waals surface area contributed by atoms with Gasteiger partial charge in [0.05, 0.1) is 11.4 Å². The van der Waals surface area contributed by atoms with Gasteiger partial charge in [0.1, 0.15) is 0 Å². The molecule has 0 aromatic carbocycles. The summed E-state index contributed by atoms with van der Waals surface area (Å²) in [6.45, 7) is 6.00. The minimum Gasteiger partial charge on any atom is -0.347 e. The number of hydrogen-bond acceptors (Lipinski definition) is 4. The predicted octanol–water partition coefficient (Wildman–Crippen LogP) is 1.32. The lowest BCUT2D eigenvalue weighted by molar-refractivity contribution is 0.345. The molecule has 108 valence electrons. The molecule has 1 aliphatic rings. The van der Waals surface area contributed by atoms with Crippen LogP contribution in [0.25, 0.3) is 0 Å². The molecule has 0 atom stereocenters. The molecule has 0 spiro atoms. The second kappa shape index (κ2) is 7.31. The van der Waals surface area contributed by atoms with Crippen LogP contribution >= 0.6 is 12.2 Å². The van der Waals surface area contributed by atoms with Crippen LogP contribution in [0.4, 0.5) is 0 Å². The Hall–Kier alpha value is -1.53. The summed E-state index contributed by atoms with van der Waals surface area (Å²) in [6, 6.07) is 5.78. The Labute approximate surface area is 125 Å². The van der Waals surface area contributed by atoms with Gasteiger partial charge in [-0.3, -0.25) is 10.4 Å². The average molecular weight is 291 g/mol. The van der Waals surface area contributed by atoms with Crippen molar-refractivity contribution < 1.29 is 0 Å². The van der Waals surface area contributed by atoms with Gasteiger partial charge in [-0.05, 0) is 51.3 Å². The Kier molecular flexibility index (Phi) is 5.43. The largest absolute Gasteiger partial charge is 0.347 e. The highest BCUT2D eigenvalue weighted by atomic mass is 32.1. The van der Waals surface area contributed by atoms with Gasteiger partial charge in [-0.2, -0.15) is 5.10 Å². The number of hydrogen-bond donors (Lipinski definition) is 1. The van der Waals surface area contributed by atoms with Crippen LogP contribution in [-0.2, 0) is 0 Å². The topological polar surface area (TPSA) is 43.8 Å². The van der Waals surface area contributed by atoms with Crippen molar-refractivity contribution in [3.63, 3.8) is 0 Å². The number of hydrazone groups is 1. The summed E-state index contributed by atoms with van der Waals surface area (Å²) < 4.78 is 0. The van der Waals surface area contributed by atoms with Crippen LogP contribution in [0.15, 0.2) is 29.5 Å². The van der Waals surface area contributed by atoms with Gasteiger partial charge >= 0.3 is 0 Å². The zero-order chi connectivity index (χ0) is 14.4. The van der Waals surface area contributed by atoms with E-state index < -0.39 is 0 Å². The van der Waals surface area contributed by atoms with Gasteiger partial charge in [-0.1, -0.05) is 6.07 Å². The number of rotatable bonds is 2. The van der Waals surface area contributed by atoms with Gasteiger partial charge in [0.2, 0.25) is 0 Å². The molecule has 1 aliphatic heterocycles. The number of thiocarbonyl (C=S) groups is 1. The highest BCUT2D eigenvalue weighted by Gasteiger charge is 2.14. The normalized spacial score (nSPS) is 17.7. The van der Waals surface area contributed by atoms with Crippen molar-refractivity contribution >= 4 is 23.0 Å². The summed E-state index contributed by atoms with van der Waals surface area (Å²) in [6.07, 6.45) is 2.89. The predicted molar refractivity (Wildman–Crippen MR) is 85.9 cm³/mol. The van der Waals surface area contributed by atoms with Crippen molar-refractivity contribution in [2.45, 2.75) is 13.3 Å². The maximum Gasteiger partial charge on any atom is 0.189 e. The van der Waals surface area contributed by atoms with Crippen LogP contribution in [0, 0.1) is 0 Å². The van der Waals surface area contributed by atoms with Crippen LogP contribution in [0.5, 0.6) is 0 Å². The Morgan fingerprint density at radius 1 is 1.30 bits per heavy atom. The number of likely N-dealkylation sites (N-methyl/N-ethyl adjacent to an activating group) is 1. The van der Waals surface area contributed by atoms with Gasteiger partial charge in [-0.25, -0.2) is 0 Å². The first-order chi connectivity index (χ1) is 9.66. The molecule has 1 N–H and O–H groups in total. The Morgan fingerprint density at radius 2 is 2.15 bits per heavy atom. The highest BCUT2D eigenvalue weighted by Crippen LogP contribution is 2.02. The third-order valence-corrected chi connectivity index (χ3v) is 3.71. The van der Waals surface area contributed by atoms with Crippen molar-refractivity contribution in [1.82, 2.24) is 20.2 Å². The second-order valence-corrected chi connectivity index (χ2v) is 5.36. The fourth-order valence-corrected chi connectivity index (χ4v) is 2.31. The molecule has 0 amide bonds. The fourth-order valence-electron chi connectivity index (χ4n) is 2.09. The van der Waals surface area contributed by atoms with E-state index >= 15 is 0 Å². The van der Waals surface area contributed by atoms with Gasteiger partial charge in [-0.15, -0.1) is 0 Å². The zero-order valence-electron chi connectivity index (χ0n) is 12.0. The smallest absolute Gasteiger partial charge is 0.189 e. The molecule has 0 radical (unpaired) electrons. The first-order valence-corrected chi connectivity index (χ1v) is 7.27. The van der Waals surface area contributed by atoms with Crippen LogP contribution in [-0.4, -0.2) is 58.8 Å². The van der Waals surface area contributed by atoms with Crippen LogP contribution in [0.1, 0.15) is 19.0 Å². The summed E-state index contributed by atoms with van der Waals surface area (Å²) in [5.74, 6) is 0. The molecule has 2 rings (SSSR count). The second-order valence-electron chi connectivity index (χ2n) is 4.97. The molecule has 0 bridgehead atoms. The average Bonchev–Trinajstić information content (AvgIpc) is 2.70. The molecular formula is C14H21N5S. The monoisotopic (exact) mass is 291 g/mol. The van der Waals surface area contributed by atoms with Crippen molar-refractivity contribution in [2.24, 2.45) is 5.10 Å². The van der Waals surface area contributed by atoms with Crippen LogP contribution in [0.3, 0.4) is 0 Å². The van der Waals surface area contributed by atoms with E-state index in [0.717, 1.165) is 44.0 Å². The summed E-state index contributed by atoms with van der Waals surface area (Å²) >= 11 is 5.41.